The van der Waals surface area contributed by atoms with Gasteiger partial charge in [0.25, 0.3) is 0 Å². The summed E-state index contributed by atoms with van der Waals surface area (Å²) in [6.45, 7) is 3.42. The van der Waals surface area contributed by atoms with Crippen molar-refractivity contribution in [2.45, 2.75) is 56.8 Å². The first-order valence-corrected chi connectivity index (χ1v) is 14.8. The Morgan fingerprint density at radius 2 is 1.98 bits per heavy atom. The molecule has 1 saturated heterocycles. The number of ether oxygens (including phenoxy) is 2. The van der Waals surface area contributed by atoms with E-state index in [1.165, 1.54) is 28.8 Å². The second-order valence-corrected chi connectivity index (χ2v) is 11.4. The van der Waals surface area contributed by atoms with E-state index in [-0.39, 0.29) is 29.8 Å². The number of rotatable bonds is 13. The fourth-order valence-electron chi connectivity index (χ4n) is 4.47. The van der Waals surface area contributed by atoms with Gasteiger partial charge in [0.1, 0.15) is 42.0 Å². The normalized spacial score (nSPS) is 24.3. The summed E-state index contributed by atoms with van der Waals surface area (Å²) < 4.78 is 37.4. The van der Waals surface area contributed by atoms with Gasteiger partial charge in [0, 0.05) is 0 Å². The second kappa shape index (κ2) is 13.1. The van der Waals surface area contributed by atoms with E-state index in [4.69, 9.17) is 30.0 Å². The Morgan fingerprint density at radius 1 is 1.26 bits per heavy atom. The topological polar surface area (TPSA) is 230 Å². The number of nitrogen functional groups attached to an aromatic ring is 1. The van der Waals surface area contributed by atoms with E-state index in [0.29, 0.717) is 5.52 Å². The molecule has 42 heavy (non-hydrogen) atoms. The zero-order valence-corrected chi connectivity index (χ0v) is 24.0. The molecule has 0 spiro atoms. The smallest absolute Gasteiger partial charge is 0.460 e. The maximum absolute atomic E-state index is 13.8. The minimum Gasteiger partial charge on any atom is -0.463 e. The van der Waals surface area contributed by atoms with Crippen LogP contribution in [0.25, 0.3) is 5.52 Å². The minimum absolute atomic E-state index is 0.0761. The number of para-hydroxylation sites is 1. The quantitative estimate of drug-likeness (QED) is 0.105. The van der Waals surface area contributed by atoms with Crippen molar-refractivity contribution in [2.24, 2.45) is 11.7 Å². The van der Waals surface area contributed by atoms with Gasteiger partial charge in [-0.3, -0.25) is 4.52 Å². The average Bonchev–Trinajstić information content (AvgIpc) is 3.53. The van der Waals surface area contributed by atoms with Crippen molar-refractivity contribution in [1.29, 1.82) is 5.26 Å². The molecule has 16 heteroatoms. The average molecular weight is 604 g/mol. The highest BCUT2D eigenvalue weighted by Crippen LogP contribution is 2.47. The molecule has 0 unspecified atom stereocenters. The lowest BCUT2D eigenvalue weighted by Gasteiger charge is -2.25. The van der Waals surface area contributed by atoms with Gasteiger partial charge in [0.15, 0.2) is 12.0 Å². The van der Waals surface area contributed by atoms with Crippen LogP contribution in [0, 0.1) is 17.2 Å². The first-order valence-electron chi connectivity index (χ1n) is 13.3. The lowest BCUT2D eigenvalue weighted by molar-refractivity contribution is -0.147. The summed E-state index contributed by atoms with van der Waals surface area (Å²) >= 11 is 0. The third-order valence-electron chi connectivity index (χ3n) is 7.03. The molecule has 6 atom stereocenters. The summed E-state index contributed by atoms with van der Waals surface area (Å²) in [6, 6.07) is 12.9. The molecule has 0 aliphatic carbocycles. The molecule has 1 aliphatic heterocycles. The fraction of sp³-hybridized carbons (Fsp3) is 0.462. The van der Waals surface area contributed by atoms with Gasteiger partial charge in [-0.25, -0.2) is 18.9 Å². The number of esters is 1. The zero-order valence-electron chi connectivity index (χ0n) is 23.1. The Balaban J connectivity index is 1.53. The summed E-state index contributed by atoms with van der Waals surface area (Å²) in [4.78, 5) is 16.4. The van der Waals surface area contributed by atoms with E-state index in [9.17, 15) is 24.8 Å². The Morgan fingerprint density at radius 3 is 2.64 bits per heavy atom. The van der Waals surface area contributed by atoms with Gasteiger partial charge in [-0.2, -0.15) is 15.4 Å². The number of aliphatic hydroxyl groups is 2. The highest BCUT2D eigenvalue weighted by Gasteiger charge is 2.58. The van der Waals surface area contributed by atoms with Gasteiger partial charge in [-0.1, -0.05) is 44.9 Å². The van der Waals surface area contributed by atoms with Gasteiger partial charge in [0.2, 0.25) is 5.60 Å². The molecule has 226 valence electrons. The van der Waals surface area contributed by atoms with Crippen molar-refractivity contribution in [3.63, 3.8) is 0 Å². The number of carbonyl (C=O) groups is 1. The van der Waals surface area contributed by atoms with Crippen LogP contribution in [-0.2, 0) is 29.0 Å². The number of nitrogens with two attached hydrogens (primary N) is 2. The number of fused-ring (bicyclic) bond motifs is 1. The number of aliphatic hydroxyl groups excluding tert-OH is 2. The van der Waals surface area contributed by atoms with E-state index in [2.05, 4.69) is 15.2 Å². The third kappa shape index (κ3) is 6.40. The van der Waals surface area contributed by atoms with E-state index in [1.54, 1.807) is 18.2 Å². The lowest BCUT2D eigenvalue weighted by Crippen LogP contribution is -2.45. The highest BCUT2D eigenvalue weighted by atomic mass is 31.2. The molecular weight excluding hydrogens is 569 g/mol. The number of nitriles is 1. The van der Waals surface area contributed by atoms with Crippen LogP contribution in [0.5, 0.6) is 5.75 Å². The second-order valence-electron chi connectivity index (χ2n) is 9.72. The molecule has 2 aromatic heterocycles. The molecule has 1 fully saturated rings. The predicted octanol–water partition coefficient (Wildman–Crippen LogP) is 1.21. The third-order valence-corrected chi connectivity index (χ3v) is 8.57. The minimum atomic E-state index is -4.44. The summed E-state index contributed by atoms with van der Waals surface area (Å²) in [5.74, 6) is -0.489. The maximum Gasteiger partial charge on any atom is 0.460 e. The molecule has 0 bridgehead atoms. The molecular formula is C26H34N7O8P. The van der Waals surface area contributed by atoms with Crippen molar-refractivity contribution in [3.05, 3.63) is 54.5 Å². The molecule has 7 N–H and O–H groups in total. The number of anilines is 1. The Hall–Kier alpha value is -3.61. The molecule has 15 nitrogen and oxygen atoms in total. The number of nitrogens with one attached hydrogen (secondary N) is 1. The lowest BCUT2D eigenvalue weighted by atomic mass is 9.92. The van der Waals surface area contributed by atoms with Crippen LogP contribution < -0.4 is 21.1 Å². The molecule has 3 aromatic rings. The standard InChI is InChI=1S/C26H34N7O8P/c1-3-16(4-2)12-38-25(36)24(29)32-42(37,41-17-8-6-5-7-9-17)39-13-19-21(34)22(35)26(14-27,40-19)20-11-10-18-23(28)30-15-31-33(18)20/h5-11,15-16,19,21-22,24,34-35H,3-4,12-13,29H2,1-2H3,(H,32,37)(H2,28,30,31)/t19-,21-,22-,24-,26+,42+/m1/s1. The molecule has 4 rings (SSSR count). The summed E-state index contributed by atoms with van der Waals surface area (Å²) in [6.07, 6.45) is -3.65. The van der Waals surface area contributed by atoms with Crippen LogP contribution in [0.15, 0.2) is 48.8 Å². The molecule has 0 radical (unpaired) electrons. The Bertz CT molecular complexity index is 1460. The van der Waals surface area contributed by atoms with Gasteiger partial charge < -0.3 is 35.7 Å². The molecule has 1 aromatic carbocycles. The van der Waals surface area contributed by atoms with Crippen molar-refractivity contribution in [1.82, 2.24) is 19.7 Å². The SMILES string of the molecule is CCC(CC)COC(=O)[C@H](N)N[P@](=O)(OC[C@H]1O[C@@](C#N)(c2ccc3c(N)ncnn23)[C@H](O)[C@@H]1O)Oc1ccccc1. The molecule has 3 heterocycles. The number of benzene rings is 1. The van der Waals surface area contributed by atoms with E-state index < -0.39 is 50.4 Å². The van der Waals surface area contributed by atoms with Gasteiger partial charge in [-0.05, 0) is 30.2 Å². The van der Waals surface area contributed by atoms with Crippen molar-refractivity contribution >= 4 is 25.1 Å². The Labute approximate surface area is 241 Å². The zero-order chi connectivity index (χ0) is 30.5. The number of hydrogen-bond acceptors (Lipinski definition) is 13. The van der Waals surface area contributed by atoms with Crippen LogP contribution in [0.2, 0.25) is 0 Å². The molecule has 0 amide bonds. The molecule has 1 aliphatic rings. The summed E-state index contributed by atoms with van der Waals surface area (Å²) in [5, 5.41) is 38.4. The number of aromatic nitrogens is 3. The Kier molecular flexibility index (Phi) is 9.80. The van der Waals surface area contributed by atoms with Gasteiger partial charge in [-0.15, -0.1) is 0 Å². The summed E-state index contributed by atoms with van der Waals surface area (Å²) in [7, 11) is -4.44. The largest absolute Gasteiger partial charge is 0.463 e. The van der Waals surface area contributed by atoms with Crippen LogP contribution in [0.1, 0.15) is 32.4 Å². The van der Waals surface area contributed by atoms with E-state index in [0.717, 1.165) is 19.2 Å². The van der Waals surface area contributed by atoms with E-state index >= 15 is 0 Å². The number of hydrogen-bond donors (Lipinski definition) is 5. The highest BCUT2D eigenvalue weighted by molar-refractivity contribution is 7.52. The van der Waals surface area contributed by atoms with Gasteiger partial charge in [0.05, 0.1) is 18.9 Å². The first-order chi connectivity index (χ1) is 20.1. The monoisotopic (exact) mass is 603 g/mol. The first kappa shape index (κ1) is 31.3. The number of nitrogens with zero attached hydrogens (tertiary/aromatic N) is 4. The van der Waals surface area contributed by atoms with Crippen LogP contribution in [0.4, 0.5) is 5.82 Å². The van der Waals surface area contributed by atoms with Crippen molar-refractivity contribution in [3.8, 4) is 11.8 Å². The van der Waals surface area contributed by atoms with Crippen LogP contribution in [-0.4, -0.2) is 68.5 Å². The van der Waals surface area contributed by atoms with Crippen LogP contribution in [0.3, 0.4) is 0 Å². The van der Waals surface area contributed by atoms with Crippen molar-refractivity contribution in [2.75, 3.05) is 18.9 Å². The number of carbonyl (C=O) groups excluding carboxylic acids is 1. The van der Waals surface area contributed by atoms with E-state index in [1.807, 2.05) is 19.9 Å². The predicted molar refractivity (Wildman–Crippen MR) is 148 cm³/mol. The van der Waals surface area contributed by atoms with Crippen molar-refractivity contribution < 1.29 is 38.1 Å². The summed E-state index contributed by atoms with van der Waals surface area (Å²) in [5.41, 5.74) is 10.2. The maximum atomic E-state index is 13.8. The molecule has 0 saturated carbocycles. The van der Waals surface area contributed by atoms with Gasteiger partial charge >= 0.3 is 13.7 Å². The fourth-order valence-corrected chi connectivity index (χ4v) is 5.84. The van der Waals surface area contributed by atoms with Crippen LogP contribution >= 0.6 is 7.75 Å².